The predicted octanol–water partition coefficient (Wildman–Crippen LogP) is 1.96. The average Bonchev–Trinajstić information content (AvgIpc) is 2.32. The normalized spacial score (nSPS) is 32.7. The van der Waals surface area contributed by atoms with E-state index in [1.165, 1.54) is 0 Å². The molecule has 0 aliphatic carbocycles. The molecule has 0 amide bonds. The molecule has 2 N–H and O–H groups in total. The van der Waals surface area contributed by atoms with E-state index in [0.717, 1.165) is 17.1 Å². The Morgan fingerprint density at radius 3 is 2.94 bits per heavy atom. The van der Waals surface area contributed by atoms with Crippen LogP contribution in [0, 0.1) is 5.92 Å². The molecule has 2 heterocycles. The Kier molecular flexibility index (Phi) is 2.41. The first kappa shape index (κ1) is 11.6. The molecule has 96 valence electrons. The first-order valence-corrected chi connectivity index (χ1v) is 6.40. The van der Waals surface area contributed by atoms with Crippen LogP contribution in [0.2, 0.25) is 0 Å². The predicted molar refractivity (Wildman–Crippen MR) is 72.8 cm³/mol. The topological polar surface area (TPSA) is 42.5 Å². The van der Waals surface area contributed by atoms with Crippen LogP contribution < -0.4 is 20.1 Å². The van der Waals surface area contributed by atoms with Crippen LogP contribution in [-0.2, 0) is 0 Å². The van der Waals surface area contributed by atoms with E-state index in [4.69, 9.17) is 21.7 Å². The molecule has 1 saturated heterocycles. The molecule has 0 radical (unpaired) electrons. The number of rotatable bonds is 1. The maximum atomic E-state index is 6.10. The molecule has 0 aromatic heterocycles. The van der Waals surface area contributed by atoms with E-state index in [1.807, 2.05) is 25.1 Å². The second-order valence-electron chi connectivity index (χ2n) is 4.98. The minimum absolute atomic E-state index is 0.179. The zero-order chi connectivity index (χ0) is 12.9. The Morgan fingerprint density at radius 2 is 2.22 bits per heavy atom. The van der Waals surface area contributed by atoms with Crippen molar-refractivity contribution in [1.29, 1.82) is 0 Å². The summed E-state index contributed by atoms with van der Waals surface area (Å²) >= 11 is 5.24. The average molecular weight is 264 g/mol. The Hall–Kier alpha value is -1.49. The van der Waals surface area contributed by atoms with Crippen molar-refractivity contribution in [1.82, 2.24) is 10.6 Å². The molecule has 18 heavy (non-hydrogen) atoms. The lowest BCUT2D eigenvalue weighted by molar-refractivity contribution is -0.0264. The zero-order valence-electron chi connectivity index (χ0n) is 10.6. The van der Waals surface area contributed by atoms with Crippen LogP contribution in [-0.4, -0.2) is 17.9 Å². The zero-order valence-corrected chi connectivity index (χ0v) is 11.4. The van der Waals surface area contributed by atoms with Gasteiger partial charge in [0.15, 0.2) is 10.8 Å². The summed E-state index contributed by atoms with van der Waals surface area (Å²) in [6, 6.07) is 6.09. The van der Waals surface area contributed by atoms with Gasteiger partial charge in [-0.05, 0) is 31.3 Å². The van der Waals surface area contributed by atoms with Gasteiger partial charge in [-0.2, -0.15) is 0 Å². The summed E-state index contributed by atoms with van der Waals surface area (Å²) in [6.07, 6.45) is 0. The van der Waals surface area contributed by atoms with Gasteiger partial charge in [-0.1, -0.05) is 6.92 Å². The Morgan fingerprint density at radius 1 is 1.44 bits per heavy atom. The van der Waals surface area contributed by atoms with E-state index >= 15 is 0 Å². The van der Waals surface area contributed by atoms with E-state index in [-0.39, 0.29) is 12.0 Å². The van der Waals surface area contributed by atoms with Gasteiger partial charge in [-0.15, -0.1) is 0 Å². The van der Waals surface area contributed by atoms with Gasteiger partial charge in [0, 0.05) is 17.5 Å². The second kappa shape index (κ2) is 3.75. The van der Waals surface area contributed by atoms with Crippen molar-refractivity contribution in [3.05, 3.63) is 23.8 Å². The van der Waals surface area contributed by atoms with E-state index in [9.17, 15) is 0 Å². The monoisotopic (exact) mass is 264 g/mol. The second-order valence-corrected chi connectivity index (χ2v) is 5.39. The van der Waals surface area contributed by atoms with Crippen molar-refractivity contribution < 1.29 is 9.47 Å². The molecule has 3 rings (SSSR count). The highest BCUT2D eigenvalue weighted by atomic mass is 32.1. The van der Waals surface area contributed by atoms with Crippen LogP contribution in [0.15, 0.2) is 18.2 Å². The van der Waals surface area contributed by atoms with Crippen LogP contribution in [0.5, 0.6) is 11.5 Å². The fraction of sp³-hybridized carbons (Fsp3) is 0.462. The van der Waals surface area contributed by atoms with Gasteiger partial charge in [0.2, 0.25) is 0 Å². The fourth-order valence-electron chi connectivity index (χ4n) is 2.64. The van der Waals surface area contributed by atoms with Crippen LogP contribution >= 0.6 is 12.2 Å². The summed E-state index contributed by atoms with van der Waals surface area (Å²) in [4.78, 5) is 0. The van der Waals surface area contributed by atoms with Crippen molar-refractivity contribution in [3.63, 3.8) is 0 Å². The molecule has 0 saturated carbocycles. The van der Waals surface area contributed by atoms with Gasteiger partial charge in [0.25, 0.3) is 0 Å². The third-order valence-corrected chi connectivity index (χ3v) is 4.11. The quantitative estimate of drug-likeness (QED) is 0.759. The SMILES string of the molecule is COc1ccc2c(c1)OC1(C)NC(=S)NC2C1C. The van der Waals surface area contributed by atoms with Gasteiger partial charge in [-0.25, -0.2) is 0 Å². The molecule has 1 aromatic rings. The van der Waals surface area contributed by atoms with E-state index in [1.54, 1.807) is 7.11 Å². The largest absolute Gasteiger partial charge is 0.497 e. The Labute approximate surface area is 112 Å². The van der Waals surface area contributed by atoms with E-state index < -0.39 is 5.72 Å². The molecule has 2 bridgehead atoms. The molecule has 2 aliphatic heterocycles. The maximum Gasteiger partial charge on any atom is 0.184 e. The minimum atomic E-state index is -0.466. The molecule has 2 aliphatic rings. The summed E-state index contributed by atoms with van der Waals surface area (Å²) in [5.41, 5.74) is 0.663. The van der Waals surface area contributed by atoms with Gasteiger partial charge in [0.1, 0.15) is 11.5 Å². The summed E-state index contributed by atoms with van der Waals surface area (Å²) in [6.45, 7) is 4.18. The molecule has 3 unspecified atom stereocenters. The number of hydrogen-bond donors (Lipinski definition) is 2. The molecule has 3 atom stereocenters. The molecular formula is C13H16N2O2S. The van der Waals surface area contributed by atoms with Crippen molar-refractivity contribution in [2.45, 2.75) is 25.6 Å². The fourth-order valence-corrected chi connectivity index (χ4v) is 2.97. The lowest BCUT2D eigenvalue weighted by Gasteiger charge is -2.50. The summed E-state index contributed by atoms with van der Waals surface area (Å²) in [7, 11) is 1.65. The van der Waals surface area contributed by atoms with Gasteiger partial charge >= 0.3 is 0 Å². The summed E-state index contributed by atoms with van der Waals surface area (Å²) < 4.78 is 11.3. The lowest BCUT2D eigenvalue weighted by Crippen LogP contribution is -2.67. The smallest absolute Gasteiger partial charge is 0.184 e. The summed E-state index contributed by atoms with van der Waals surface area (Å²) in [5, 5.41) is 7.17. The van der Waals surface area contributed by atoms with E-state index in [2.05, 4.69) is 17.6 Å². The molecular weight excluding hydrogens is 248 g/mol. The van der Waals surface area contributed by atoms with Crippen molar-refractivity contribution in [2.75, 3.05) is 7.11 Å². The van der Waals surface area contributed by atoms with Crippen LogP contribution in [0.25, 0.3) is 0 Å². The third-order valence-electron chi connectivity index (χ3n) is 3.89. The molecule has 0 spiro atoms. The standard InChI is InChI=1S/C13H16N2O2S/c1-7-11-9-5-4-8(16-3)6-10(9)17-13(7,2)15-12(18)14-11/h4-7,11H,1-3H3,(H2,14,15,18). The summed E-state index contributed by atoms with van der Waals surface area (Å²) in [5.74, 6) is 1.93. The molecule has 5 heteroatoms. The first-order chi connectivity index (χ1) is 8.53. The number of thiocarbonyl (C=S) groups is 1. The van der Waals surface area contributed by atoms with Crippen molar-refractivity contribution in [2.24, 2.45) is 5.92 Å². The third kappa shape index (κ3) is 1.54. The Balaban J connectivity index is 2.11. The van der Waals surface area contributed by atoms with Gasteiger partial charge < -0.3 is 20.1 Å². The van der Waals surface area contributed by atoms with Gasteiger partial charge in [-0.3, -0.25) is 0 Å². The van der Waals surface area contributed by atoms with Gasteiger partial charge in [0.05, 0.1) is 13.2 Å². The number of methoxy groups -OCH3 is 1. The number of nitrogens with one attached hydrogen (secondary N) is 2. The van der Waals surface area contributed by atoms with Crippen molar-refractivity contribution >= 4 is 17.3 Å². The molecule has 1 aromatic carbocycles. The first-order valence-electron chi connectivity index (χ1n) is 5.99. The number of benzene rings is 1. The highest BCUT2D eigenvalue weighted by Gasteiger charge is 2.48. The number of hydrogen-bond acceptors (Lipinski definition) is 3. The van der Waals surface area contributed by atoms with Crippen LogP contribution in [0.4, 0.5) is 0 Å². The molecule has 4 nitrogen and oxygen atoms in total. The van der Waals surface area contributed by atoms with Crippen molar-refractivity contribution in [3.8, 4) is 11.5 Å². The van der Waals surface area contributed by atoms with Crippen LogP contribution in [0.3, 0.4) is 0 Å². The molecule has 1 fully saturated rings. The lowest BCUT2D eigenvalue weighted by atomic mass is 9.82. The van der Waals surface area contributed by atoms with E-state index in [0.29, 0.717) is 5.11 Å². The Bertz CT molecular complexity index is 520. The number of fused-ring (bicyclic) bond motifs is 4. The number of ether oxygens (including phenoxy) is 2. The maximum absolute atomic E-state index is 6.10. The highest BCUT2D eigenvalue weighted by molar-refractivity contribution is 7.80. The minimum Gasteiger partial charge on any atom is -0.497 e. The van der Waals surface area contributed by atoms with Crippen LogP contribution in [0.1, 0.15) is 25.5 Å². The highest BCUT2D eigenvalue weighted by Crippen LogP contribution is 2.45.